The zero-order valence-corrected chi connectivity index (χ0v) is 10.5. The number of carboxylic acids is 1. The monoisotopic (exact) mass is 237 g/mol. The standard InChI is InChI=1S/C12H19N3O2/c1-7(2)15-6-13-14-11(15)9-4-8(3)5-10(9)12(16)17/h6-10H,4-5H2,1-3H3,(H,16,17). The van der Waals surface area contributed by atoms with Crippen LogP contribution in [0, 0.1) is 11.8 Å². The van der Waals surface area contributed by atoms with E-state index in [9.17, 15) is 9.90 Å². The van der Waals surface area contributed by atoms with Crippen LogP contribution >= 0.6 is 0 Å². The highest BCUT2D eigenvalue weighted by atomic mass is 16.4. The predicted octanol–water partition coefficient (Wildman–Crippen LogP) is 2.07. The van der Waals surface area contributed by atoms with Gasteiger partial charge in [-0.3, -0.25) is 4.79 Å². The van der Waals surface area contributed by atoms with Crippen LogP contribution in [0.3, 0.4) is 0 Å². The molecule has 1 N–H and O–H groups in total. The number of hydrogen-bond acceptors (Lipinski definition) is 3. The fraction of sp³-hybridized carbons (Fsp3) is 0.750. The molecule has 94 valence electrons. The fourth-order valence-electron chi connectivity index (χ4n) is 2.76. The van der Waals surface area contributed by atoms with Crippen molar-refractivity contribution in [3.63, 3.8) is 0 Å². The Hall–Kier alpha value is -1.39. The van der Waals surface area contributed by atoms with Crippen molar-refractivity contribution < 1.29 is 9.90 Å². The third-order valence-electron chi connectivity index (χ3n) is 3.60. The van der Waals surface area contributed by atoms with Gasteiger partial charge in [0.2, 0.25) is 0 Å². The lowest BCUT2D eigenvalue weighted by Crippen LogP contribution is -2.20. The van der Waals surface area contributed by atoms with Gasteiger partial charge >= 0.3 is 5.97 Å². The minimum atomic E-state index is -0.711. The number of rotatable bonds is 3. The maximum atomic E-state index is 11.3. The van der Waals surface area contributed by atoms with E-state index in [0.717, 1.165) is 18.7 Å². The van der Waals surface area contributed by atoms with Crippen molar-refractivity contribution in [2.45, 2.75) is 45.6 Å². The van der Waals surface area contributed by atoms with Crippen molar-refractivity contribution in [3.05, 3.63) is 12.2 Å². The van der Waals surface area contributed by atoms with Gasteiger partial charge in [0.25, 0.3) is 0 Å². The van der Waals surface area contributed by atoms with E-state index in [4.69, 9.17) is 0 Å². The van der Waals surface area contributed by atoms with Crippen LogP contribution in [0.4, 0.5) is 0 Å². The van der Waals surface area contributed by atoms with Gasteiger partial charge in [0.15, 0.2) is 0 Å². The topological polar surface area (TPSA) is 68.0 Å². The molecule has 0 bridgehead atoms. The van der Waals surface area contributed by atoms with E-state index in [1.807, 2.05) is 4.57 Å². The van der Waals surface area contributed by atoms with Crippen LogP contribution in [0.15, 0.2) is 6.33 Å². The van der Waals surface area contributed by atoms with Crippen LogP contribution in [0.1, 0.15) is 51.4 Å². The van der Waals surface area contributed by atoms with E-state index in [1.165, 1.54) is 0 Å². The van der Waals surface area contributed by atoms with Crippen molar-refractivity contribution in [2.75, 3.05) is 0 Å². The molecule has 1 heterocycles. The first-order valence-electron chi connectivity index (χ1n) is 6.13. The number of carbonyl (C=O) groups is 1. The van der Waals surface area contributed by atoms with Crippen LogP contribution in [0.2, 0.25) is 0 Å². The van der Waals surface area contributed by atoms with Crippen LogP contribution in [-0.4, -0.2) is 25.8 Å². The Morgan fingerprint density at radius 3 is 2.82 bits per heavy atom. The third kappa shape index (κ3) is 2.18. The average molecular weight is 237 g/mol. The Bertz CT molecular complexity index is 414. The highest BCUT2D eigenvalue weighted by Gasteiger charge is 2.40. The molecule has 0 saturated heterocycles. The summed E-state index contributed by atoms with van der Waals surface area (Å²) < 4.78 is 1.98. The molecule has 1 saturated carbocycles. The van der Waals surface area contributed by atoms with Crippen molar-refractivity contribution in [3.8, 4) is 0 Å². The molecule has 3 atom stereocenters. The lowest BCUT2D eigenvalue weighted by Gasteiger charge is -2.18. The lowest BCUT2D eigenvalue weighted by atomic mass is 9.95. The summed E-state index contributed by atoms with van der Waals surface area (Å²) >= 11 is 0. The molecule has 2 rings (SSSR count). The van der Waals surface area contributed by atoms with Gasteiger partial charge in [0, 0.05) is 12.0 Å². The maximum absolute atomic E-state index is 11.3. The largest absolute Gasteiger partial charge is 0.481 e. The first-order chi connectivity index (χ1) is 8.00. The molecular formula is C12H19N3O2. The van der Waals surface area contributed by atoms with Crippen molar-refractivity contribution in [2.24, 2.45) is 11.8 Å². The second kappa shape index (κ2) is 4.47. The number of carboxylic acid groups (broad SMARTS) is 1. The van der Waals surface area contributed by atoms with Gasteiger partial charge in [0.1, 0.15) is 12.2 Å². The summed E-state index contributed by atoms with van der Waals surface area (Å²) in [5.41, 5.74) is 0. The van der Waals surface area contributed by atoms with E-state index in [2.05, 4.69) is 31.0 Å². The SMILES string of the molecule is CC1CC(C(=O)O)C(c2nncn2C(C)C)C1. The molecule has 1 aromatic heterocycles. The molecule has 0 amide bonds. The van der Waals surface area contributed by atoms with E-state index >= 15 is 0 Å². The molecule has 0 aliphatic heterocycles. The highest BCUT2D eigenvalue weighted by molar-refractivity contribution is 5.71. The van der Waals surface area contributed by atoms with Gasteiger partial charge in [-0.05, 0) is 32.6 Å². The number of aliphatic carboxylic acids is 1. The molecule has 1 aliphatic rings. The van der Waals surface area contributed by atoms with E-state index in [1.54, 1.807) is 6.33 Å². The third-order valence-corrected chi connectivity index (χ3v) is 3.60. The molecule has 5 heteroatoms. The van der Waals surface area contributed by atoms with E-state index < -0.39 is 5.97 Å². The zero-order valence-electron chi connectivity index (χ0n) is 10.5. The Morgan fingerprint density at radius 2 is 2.24 bits per heavy atom. The number of nitrogens with zero attached hydrogens (tertiary/aromatic N) is 3. The van der Waals surface area contributed by atoms with Crippen LogP contribution < -0.4 is 0 Å². The van der Waals surface area contributed by atoms with Crippen molar-refractivity contribution in [1.82, 2.24) is 14.8 Å². The lowest BCUT2D eigenvalue weighted by molar-refractivity contribution is -0.142. The molecule has 1 aromatic rings. The van der Waals surface area contributed by atoms with Gasteiger partial charge in [-0.15, -0.1) is 10.2 Å². The molecule has 1 aliphatic carbocycles. The Kier molecular flexibility index (Phi) is 3.17. The Labute approximate surface area is 101 Å². The summed E-state index contributed by atoms with van der Waals surface area (Å²) in [6.45, 7) is 6.22. The predicted molar refractivity (Wildman–Crippen MR) is 62.7 cm³/mol. The van der Waals surface area contributed by atoms with Crippen LogP contribution in [-0.2, 0) is 4.79 Å². The number of aromatic nitrogens is 3. The van der Waals surface area contributed by atoms with Gasteiger partial charge < -0.3 is 9.67 Å². The van der Waals surface area contributed by atoms with Crippen LogP contribution in [0.25, 0.3) is 0 Å². The summed E-state index contributed by atoms with van der Waals surface area (Å²) in [6.07, 6.45) is 3.33. The summed E-state index contributed by atoms with van der Waals surface area (Å²) in [5.74, 6) is 0.256. The first kappa shape index (κ1) is 12.1. The minimum absolute atomic E-state index is 0.00685. The Morgan fingerprint density at radius 1 is 1.53 bits per heavy atom. The highest BCUT2D eigenvalue weighted by Crippen LogP contribution is 2.42. The second-order valence-electron chi connectivity index (χ2n) is 5.32. The number of hydrogen-bond donors (Lipinski definition) is 1. The normalized spacial score (nSPS) is 28.8. The molecule has 0 aromatic carbocycles. The summed E-state index contributed by atoms with van der Waals surface area (Å²) in [5, 5.41) is 17.3. The van der Waals surface area contributed by atoms with Crippen molar-refractivity contribution in [1.29, 1.82) is 0 Å². The van der Waals surface area contributed by atoms with Gasteiger partial charge in [-0.25, -0.2) is 0 Å². The maximum Gasteiger partial charge on any atom is 0.307 e. The molecule has 0 spiro atoms. The van der Waals surface area contributed by atoms with Crippen LogP contribution in [0.5, 0.6) is 0 Å². The molecule has 0 radical (unpaired) electrons. The summed E-state index contributed by atoms with van der Waals surface area (Å²) in [6, 6.07) is 0.269. The molecular weight excluding hydrogens is 218 g/mol. The molecule has 1 fully saturated rings. The second-order valence-corrected chi connectivity index (χ2v) is 5.32. The van der Waals surface area contributed by atoms with E-state index in [-0.39, 0.29) is 17.9 Å². The fourth-order valence-corrected chi connectivity index (χ4v) is 2.76. The molecule has 3 unspecified atom stereocenters. The van der Waals surface area contributed by atoms with Gasteiger partial charge in [-0.1, -0.05) is 6.92 Å². The summed E-state index contributed by atoms with van der Waals surface area (Å²) in [4.78, 5) is 11.3. The van der Waals surface area contributed by atoms with Gasteiger partial charge in [-0.2, -0.15) is 0 Å². The smallest absolute Gasteiger partial charge is 0.307 e. The first-order valence-corrected chi connectivity index (χ1v) is 6.13. The average Bonchev–Trinajstić information content (AvgIpc) is 2.82. The van der Waals surface area contributed by atoms with E-state index in [0.29, 0.717) is 5.92 Å². The molecule has 5 nitrogen and oxygen atoms in total. The molecule has 17 heavy (non-hydrogen) atoms. The van der Waals surface area contributed by atoms with Gasteiger partial charge in [0.05, 0.1) is 5.92 Å². The summed E-state index contributed by atoms with van der Waals surface area (Å²) in [7, 11) is 0. The minimum Gasteiger partial charge on any atom is -0.481 e. The zero-order chi connectivity index (χ0) is 12.6. The van der Waals surface area contributed by atoms with Crippen molar-refractivity contribution >= 4 is 5.97 Å². The quantitative estimate of drug-likeness (QED) is 0.873. The Balaban J connectivity index is 2.31.